The predicted molar refractivity (Wildman–Crippen MR) is 66.5 cm³/mol. The highest BCUT2D eigenvalue weighted by atomic mass is 16.6. The van der Waals surface area contributed by atoms with Crippen molar-refractivity contribution in [1.82, 2.24) is 4.90 Å². The molecule has 0 aromatic carbocycles. The Balaban J connectivity index is 2.09. The van der Waals surface area contributed by atoms with E-state index in [1.54, 1.807) is 0 Å². The first-order valence-corrected chi connectivity index (χ1v) is 6.44. The number of hydrogen-bond acceptors (Lipinski definition) is 3. The van der Waals surface area contributed by atoms with E-state index in [2.05, 4.69) is 0 Å². The lowest BCUT2D eigenvalue weighted by Crippen LogP contribution is -2.55. The van der Waals surface area contributed by atoms with Gasteiger partial charge in [-0.2, -0.15) is 0 Å². The highest BCUT2D eigenvalue weighted by molar-refractivity contribution is 5.85. The summed E-state index contributed by atoms with van der Waals surface area (Å²) in [5, 5.41) is 7.82. The van der Waals surface area contributed by atoms with Crippen LogP contribution in [0.3, 0.4) is 0 Å². The molecule has 2 atom stereocenters. The minimum absolute atomic E-state index is 0.195. The van der Waals surface area contributed by atoms with Crippen LogP contribution in [0.25, 0.3) is 0 Å². The number of rotatable bonds is 0. The van der Waals surface area contributed by atoms with Crippen molar-refractivity contribution >= 4 is 11.8 Å². The summed E-state index contributed by atoms with van der Waals surface area (Å²) in [5.41, 5.74) is 0.357. The number of nitrogens with zero attached hydrogens (tertiary/aromatic N) is 1. The molecule has 2 bridgehead atoms. The van der Waals surface area contributed by atoms with E-state index in [1.807, 2.05) is 25.7 Å². The first kappa shape index (κ1) is 12.4. The topological polar surface area (TPSA) is 53.4 Å². The van der Waals surface area contributed by atoms with Crippen LogP contribution in [0.4, 0.5) is 4.79 Å². The summed E-state index contributed by atoms with van der Waals surface area (Å²) in [7, 11) is 0. The van der Waals surface area contributed by atoms with Crippen LogP contribution in [0, 0.1) is 5.41 Å². The van der Waals surface area contributed by atoms with Gasteiger partial charge in [-0.3, -0.25) is 0 Å². The lowest BCUT2D eigenvalue weighted by atomic mass is 9.84. The SMILES string of the molecule is CC(C)(C)OC(=O)N1[C@@H]2CCC[C@H]1CC(=N)C2. The predicted octanol–water partition coefficient (Wildman–Crippen LogP) is 2.96. The van der Waals surface area contributed by atoms with Crippen LogP contribution in [-0.4, -0.2) is 34.4 Å². The zero-order valence-electron chi connectivity index (χ0n) is 11.0. The average Bonchev–Trinajstić information content (AvgIpc) is 2.12. The van der Waals surface area contributed by atoms with Crippen LogP contribution in [0.2, 0.25) is 0 Å². The molecule has 0 radical (unpaired) electrons. The molecule has 2 rings (SSSR count). The van der Waals surface area contributed by atoms with Gasteiger partial charge < -0.3 is 15.0 Å². The molecule has 2 fully saturated rings. The maximum Gasteiger partial charge on any atom is 0.410 e. The van der Waals surface area contributed by atoms with Gasteiger partial charge in [-0.1, -0.05) is 0 Å². The fraction of sp³-hybridized carbons (Fsp3) is 0.846. The van der Waals surface area contributed by atoms with Gasteiger partial charge >= 0.3 is 6.09 Å². The van der Waals surface area contributed by atoms with Crippen LogP contribution in [0.1, 0.15) is 52.9 Å². The van der Waals surface area contributed by atoms with Crippen LogP contribution >= 0.6 is 0 Å². The number of hydrogen-bond donors (Lipinski definition) is 1. The minimum Gasteiger partial charge on any atom is -0.444 e. The number of fused-ring (bicyclic) bond motifs is 2. The molecule has 0 saturated carbocycles. The molecule has 0 aliphatic carbocycles. The lowest BCUT2D eigenvalue weighted by molar-refractivity contribution is -0.00702. The Bertz CT molecular complexity index is 317. The van der Waals surface area contributed by atoms with Crippen LogP contribution < -0.4 is 0 Å². The van der Waals surface area contributed by atoms with Crippen molar-refractivity contribution in [3.05, 3.63) is 0 Å². The van der Waals surface area contributed by atoms with Crippen molar-refractivity contribution in [3.8, 4) is 0 Å². The molecule has 0 aromatic heterocycles. The number of carbonyl (C=O) groups is 1. The van der Waals surface area contributed by atoms with E-state index in [-0.39, 0.29) is 18.2 Å². The van der Waals surface area contributed by atoms with Gasteiger partial charge in [0.15, 0.2) is 0 Å². The number of nitrogens with one attached hydrogen (secondary N) is 1. The molecule has 2 saturated heterocycles. The third kappa shape index (κ3) is 2.79. The summed E-state index contributed by atoms with van der Waals surface area (Å²) >= 11 is 0. The number of ether oxygens (including phenoxy) is 1. The van der Waals surface area contributed by atoms with E-state index in [1.165, 1.54) is 6.42 Å². The van der Waals surface area contributed by atoms with Gasteiger partial charge in [0, 0.05) is 30.6 Å². The maximum absolute atomic E-state index is 12.2. The van der Waals surface area contributed by atoms with E-state index in [4.69, 9.17) is 10.1 Å². The molecule has 1 N–H and O–H groups in total. The monoisotopic (exact) mass is 238 g/mol. The second-order valence-electron chi connectivity index (χ2n) is 6.14. The first-order valence-electron chi connectivity index (χ1n) is 6.44. The third-order valence-corrected chi connectivity index (χ3v) is 3.43. The molecular formula is C13H22N2O2. The van der Waals surface area contributed by atoms with Gasteiger partial charge in [-0.25, -0.2) is 4.79 Å². The fourth-order valence-electron chi connectivity index (χ4n) is 2.83. The number of carbonyl (C=O) groups excluding carboxylic acids is 1. The van der Waals surface area contributed by atoms with Crippen molar-refractivity contribution in [1.29, 1.82) is 5.41 Å². The standard InChI is InChI=1S/C13H22N2O2/c1-13(2,3)17-12(16)15-10-5-4-6-11(15)8-9(14)7-10/h10-11,14H,4-8H2,1-3H3/t10-,11+. The smallest absolute Gasteiger partial charge is 0.410 e. The van der Waals surface area contributed by atoms with Crippen molar-refractivity contribution in [2.45, 2.75) is 70.6 Å². The highest BCUT2D eigenvalue weighted by Crippen LogP contribution is 2.33. The summed E-state index contributed by atoms with van der Waals surface area (Å²) in [4.78, 5) is 14.1. The Morgan fingerprint density at radius 2 is 1.82 bits per heavy atom. The van der Waals surface area contributed by atoms with Crippen molar-refractivity contribution < 1.29 is 9.53 Å². The number of amides is 1. The van der Waals surface area contributed by atoms with E-state index in [0.717, 1.165) is 31.4 Å². The van der Waals surface area contributed by atoms with Crippen LogP contribution in [0.15, 0.2) is 0 Å². The fourth-order valence-corrected chi connectivity index (χ4v) is 2.83. The second kappa shape index (κ2) is 4.31. The van der Waals surface area contributed by atoms with Gasteiger partial charge in [0.05, 0.1) is 0 Å². The molecule has 0 unspecified atom stereocenters. The molecule has 17 heavy (non-hydrogen) atoms. The zero-order chi connectivity index (χ0) is 12.6. The van der Waals surface area contributed by atoms with Crippen molar-refractivity contribution in [2.75, 3.05) is 0 Å². The highest BCUT2D eigenvalue weighted by Gasteiger charge is 2.40. The molecule has 0 aromatic rings. The second-order valence-corrected chi connectivity index (χ2v) is 6.14. The normalized spacial score (nSPS) is 29.1. The summed E-state index contributed by atoms with van der Waals surface area (Å²) < 4.78 is 5.47. The molecule has 4 heteroatoms. The Morgan fingerprint density at radius 3 is 2.29 bits per heavy atom. The molecule has 2 heterocycles. The van der Waals surface area contributed by atoms with Crippen molar-refractivity contribution in [3.63, 3.8) is 0 Å². The van der Waals surface area contributed by atoms with Gasteiger partial charge in [-0.15, -0.1) is 0 Å². The maximum atomic E-state index is 12.2. The summed E-state index contributed by atoms with van der Waals surface area (Å²) in [6.07, 6.45) is 4.46. The van der Waals surface area contributed by atoms with E-state index in [0.29, 0.717) is 0 Å². The van der Waals surface area contributed by atoms with Crippen molar-refractivity contribution in [2.24, 2.45) is 0 Å². The molecule has 96 valence electrons. The Kier molecular flexibility index (Phi) is 3.15. The summed E-state index contributed by atoms with van der Waals surface area (Å²) in [6.45, 7) is 5.69. The minimum atomic E-state index is -0.434. The zero-order valence-corrected chi connectivity index (χ0v) is 11.0. The molecular weight excluding hydrogens is 216 g/mol. The van der Waals surface area contributed by atoms with Crippen LogP contribution in [-0.2, 0) is 4.74 Å². The molecule has 0 spiro atoms. The number of piperidine rings is 2. The first-order chi connectivity index (χ1) is 7.87. The van der Waals surface area contributed by atoms with E-state index < -0.39 is 5.60 Å². The Morgan fingerprint density at radius 1 is 1.29 bits per heavy atom. The quantitative estimate of drug-likeness (QED) is 0.705. The average molecular weight is 238 g/mol. The molecule has 4 nitrogen and oxygen atoms in total. The summed E-state index contributed by atoms with van der Waals surface area (Å²) in [6, 6.07) is 0.398. The van der Waals surface area contributed by atoms with E-state index in [9.17, 15) is 4.79 Å². The largest absolute Gasteiger partial charge is 0.444 e. The Labute approximate surface area is 103 Å². The van der Waals surface area contributed by atoms with E-state index >= 15 is 0 Å². The van der Waals surface area contributed by atoms with Gasteiger partial charge in [-0.05, 0) is 40.0 Å². The molecule has 2 aliphatic rings. The third-order valence-electron chi connectivity index (χ3n) is 3.43. The summed E-state index contributed by atoms with van der Waals surface area (Å²) in [5.74, 6) is 0. The molecule has 2 aliphatic heterocycles. The van der Waals surface area contributed by atoms with Crippen LogP contribution in [0.5, 0.6) is 0 Å². The van der Waals surface area contributed by atoms with Gasteiger partial charge in [0.1, 0.15) is 5.60 Å². The van der Waals surface area contributed by atoms with Gasteiger partial charge in [0.2, 0.25) is 0 Å². The van der Waals surface area contributed by atoms with Gasteiger partial charge in [0.25, 0.3) is 0 Å². The lowest BCUT2D eigenvalue weighted by Gasteiger charge is -2.46. The molecule has 1 amide bonds. The Hall–Kier alpha value is -1.06.